The van der Waals surface area contributed by atoms with Crippen LogP contribution in [0.1, 0.15) is 25.7 Å². The van der Waals surface area contributed by atoms with E-state index in [2.05, 4.69) is 15.1 Å². The highest BCUT2D eigenvalue weighted by atomic mass is 35.5. The molecule has 0 spiro atoms. The van der Waals surface area contributed by atoms with Crippen molar-refractivity contribution in [3.8, 4) is 0 Å². The molecule has 182 valence electrons. The van der Waals surface area contributed by atoms with Gasteiger partial charge >= 0.3 is 0 Å². The molecule has 1 aromatic rings. The summed E-state index contributed by atoms with van der Waals surface area (Å²) < 4.78 is 19.1. The summed E-state index contributed by atoms with van der Waals surface area (Å²) in [6.07, 6.45) is 2.27. The Labute approximate surface area is 201 Å². The summed E-state index contributed by atoms with van der Waals surface area (Å²) >= 11 is 0. The van der Waals surface area contributed by atoms with Gasteiger partial charge in [-0.05, 0) is 37.1 Å². The van der Waals surface area contributed by atoms with Crippen molar-refractivity contribution >= 4 is 36.4 Å². The van der Waals surface area contributed by atoms with Crippen molar-refractivity contribution in [1.82, 2.24) is 10.2 Å². The minimum atomic E-state index is -0.805. The quantitative estimate of drug-likeness (QED) is 0.557. The van der Waals surface area contributed by atoms with Gasteiger partial charge in [0, 0.05) is 44.3 Å². The third kappa shape index (κ3) is 6.04. The molecule has 3 aliphatic rings. The zero-order chi connectivity index (χ0) is 21.1. The lowest BCUT2D eigenvalue weighted by Crippen LogP contribution is -2.57. The number of nitrogens with one attached hydrogen (secondary N) is 1. The molecule has 0 aromatic heterocycles. The average Bonchev–Trinajstić information content (AvgIpc) is 3.41. The van der Waals surface area contributed by atoms with Crippen LogP contribution in [-0.2, 0) is 9.53 Å². The number of halogens is 3. The van der Waals surface area contributed by atoms with Gasteiger partial charge in [-0.15, -0.1) is 24.8 Å². The number of aliphatic hydroxyl groups excluding tert-OH is 2. The molecule has 2 saturated heterocycles. The monoisotopic (exact) mass is 493 g/mol. The number of aliphatic hydroxyl groups is 2. The molecule has 10 heteroatoms. The van der Waals surface area contributed by atoms with Gasteiger partial charge in [0.1, 0.15) is 18.0 Å². The van der Waals surface area contributed by atoms with Gasteiger partial charge in [0.2, 0.25) is 5.91 Å². The summed E-state index contributed by atoms with van der Waals surface area (Å²) in [7, 11) is 0. The number of carbonyl (C=O) groups excluding carboxylic acids is 1. The molecule has 3 fully saturated rings. The van der Waals surface area contributed by atoms with Crippen molar-refractivity contribution in [3.63, 3.8) is 0 Å². The summed E-state index contributed by atoms with van der Waals surface area (Å²) in [4.78, 5) is 16.8. The van der Waals surface area contributed by atoms with E-state index in [4.69, 9.17) is 4.74 Å². The Hall–Kier alpha value is -1.16. The molecule has 7 nitrogen and oxygen atoms in total. The van der Waals surface area contributed by atoms with E-state index in [0.717, 1.165) is 44.5 Å². The van der Waals surface area contributed by atoms with E-state index >= 15 is 0 Å². The first-order valence-electron chi connectivity index (χ1n) is 11.0. The van der Waals surface area contributed by atoms with Crippen molar-refractivity contribution in [2.45, 2.75) is 50.0 Å². The number of nitrogens with zero attached hydrogens (tertiary/aromatic N) is 2. The molecule has 32 heavy (non-hydrogen) atoms. The second-order valence-corrected chi connectivity index (χ2v) is 8.60. The Balaban J connectivity index is 0.00000181. The highest BCUT2D eigenvalue weighted by molar-refractivity contribution is 5.85. The summed E-state index contributed by atoms with van der Waals surface area (Å²) in [5, 5.41) is 23.4. The molecule has 1 aromatic carbocycles. The Morgan fingerprint density at radius 3 is 2.28 bits per heavy atom. The van der Waals surface area contributed by atoms with Crippen LogP contribution in [0.3, 0.4) is 0 Å². The number of anilines is 1. The fraction of sp³-hybridized carbons (Fsp3) is 0.682. The molecule has 1 saturated carbocycles. The van der Waals surface area contributed by atoms with Crippen LogP contribution in [-0.4, -0.2) is 84.7 Å². The minimum Gasteiger partial charge on any atom is -0.394 e. The molecule has 0 bridgehead atoms. The summed E-state index contributed by atoms with van der Waals surface area (Å²) in [5.41, 5.74) is 0.980. The Kier molecular flexibility index (Phi) is 10.4. The molecule has 1 amide bonds. The van der Waals surface area contributed by atoms with Crippen LogP contribution in [0.5, 0.6) is 0 Å². The molecule has 0 unspecified atom stereocenters. The molecular weight excluding hydrogens is 460 g/mol. The van der Waals surface area contributed by atoms with Crippen LogP contribution in [0.2, 0.25) is 0 Å². The van der Waals surface area contributed by atoms with Crippen LogP contribution < -0.4 is 10.2 Å². The second kappa shape index (κ2) is 12.3. The highest BCUT2D eigenvalue weighted by Gasteiger charge is 2.47. The van der Waals surface area contributed by atoms with E-state index in [1.165, 1.54) is 12.1 Å². The molecule has 4 atom stereocenters. The first-order chi connectivity index (χ1) is 14.6. The minimum absolute atomic E-state index is 0. The van der Waals surface area contributed by atoms with Crippen molar-refractivity contribution < 1.29 is 24.1 Å². The van der Waals surface area contributed by atoms with Crippen LogP contribution >= 0.6 is 24.8 Å². The van der Waals surface area contributed by atoms with E-state index < -0.39 is 12.2 Å². The highest BCUT2D eigenvalue weighted by Crippen LogP contribution is 2.28. The van der Waals surface area contributed by atoms with E-state index in [-0.39, 0.29) is 61.2 Å². The standard InChI is InChI=1S/C22H32FN3O4.2ClH/c23-16-5-7-17(8-6-16)25-9-11-26(12-10-25)20-18(30-19(14-27)21(20)28)13-24-22(29)15-3-1-2-4-15;;/h5-8,15,18-21,27-28H,1-4,9-14H2,(H,24,29);2*1H/t18-,19+,20+,21-;;/m1../s1. The topological polar surface area (TPSA) is 85.3 Å². The number of ether oxygens (including phenoxy) is 1. The lowest BCUT2D eigenvalue weighted by molar-refractivity contribution is -0.125. The number of piperazine rings is 1. The van der Waals surface area contributed by atoms with Crippen LogP contribution in [0.25, 0.3) is 0 Å². The largest absolute Gasteiger partial charge is 0.394 e. The van der Waals surface area contributed by atoms with E-state index in [0.29, 0.717) is 19.6 Å². The van der Waals surface area contributed by atoms with E-state index in [1.807, 2.05) is 0 Å². The maximum absolute atomic E-state index is 13.2. The molecular formula is C22H34Cl2FN3O4. The van der Waals surface area contributed by atoms with E-state index in [1.54, 1.807) is 12.1 Å². The summed E-state index contributed by atoms with van der Waals surface area (Å²) in [6.45, 7) is 3.02. The Morgan fingerprint density at radius 1 is 1.06 bits per heavy atom. The number of benzene rings is 1. The zero-order valence-electron chi connectivity index (χ0n) is 18.1. The fourth-order valence-corrected chi connectivity index (χ4v) is 5.06. The number of carbonyl (C=O) groups is 1. The maximum atomic E-state index is 13.2. The summed E-state index contributed by atoms with van der Waals surface area (Å²) in [6, 6.07) is 6.21. The van der Waals surface area contributed by atoms with Gasteiger partial charge in [-0.3, -0.25) is 9.69 Å². The number of hydrogen-bond acceptors (Lipinski definition) is 6. The average molecular weight is 494 g/mol. The molecule has 3 N–H and O–H groups in total. The molecule has 2 heterocycles. The van der Waals surface area contributed by atoms with Crippen molar-refractivity contribution in [2.75, 3.05) is 44.2 Å². The van der Waals surface area contributed by atoms with E-state index in [9.17, 15) is 19.4 Å². The predicted octanol–water partition coefficient (Wildman–Crippen LogP) is 1.59. The number of hydrogen-bond donors (Lipinski definition) is 3. The SMILES string of the molecule is Cl.Cl.O=C(NC[C@H]1O[C@@H](CO)[C@@H](O)[C@H]1N1CCN(c2ccc(F)cc2)CC1)C1CCCC1. The van der Waals surface area contributed by atoms with Gasteiger partial charge in [0.25, 0.3) is 0 Å². The van der Waals surface area contributed by atoms with Crippen molar-refractivity contribution in [2.24, 2.45) is 5.92 Å². The first kappa shape index (κ1) is 27.1. The van der Waals surface area contributed by atoms with Gasteiger partial charge in [0.05, 0.1) is 18.8 Å². The lowest BCUT2D eigenvalue weighted by Gasteiger charge is -2.41. The van der Waals surface area contributed by atoms with Gasteiger partial charge in [-0.25, -0.2) is 4.39 Å². The van der Waals surface area contributed by atoms with Crippen LogP contribution in [0.4, 0.5) is 10.1 Å². The number of rotatable bonds is 6. The maximum Gasteiger partial charge on any atom is 0.223 e. The van der Waals surface area contributed by atoms with Gasteiger partial charge in [0.15, 0.2) is 0 Å². The Bertz CT molecular complexity index is 716. The Morgan fingerprint density at radius 2 is 1.69 bits per heavy atom. The van der Waals surface area contributed by atoms with Crippen LogP contribution in [0.15, 0.2) is 24.3 Å². The van der Waals surface area contributed by atoms with Crippen LogP contribution in [0, 0.1) is 11.7 Å². The van der Waals surface area contributed by atoms with Gasteiger partial charge in [-0.2, -0.15) is 0 Å². The molecule has 2 aliphatic heterocycles. The lowest BCUT2D eigenvalue weighted by atomic mass is 10.0. The molecule has 0 radical (unpaired) electrons. The molecule has 1 aliphatic carbocycles. The summed E-state index contributed by atoms with van der Waals surface area (Å²) in [5.74, 6) is -0.0956. The second-order valence-electron chi connectivity index (χ2n) is 8.60. The van der Waals surface area contributed by atoms with Gasteiger partial charge < -0.3 is 25.2 Å². The van der Waals surface area contributed by atoms with Crippen molar-refractivity contribution in [1.29, 1.82) is 0 Å². The van der Waals surface area contributed by atoms with Crippen molar-refractivity contribution in [3.05, 3.63) is 30.1 Å². The first-order valence-corrected chi connectivity index (χ1v) is 11.0. The fourth-order valence-electron chi connectivity index (χ4n) is 5.06. The predicted molar refractivity (Wildman–Crippen MR) is 125 cm³/mol. The number of amides is 1. The smallest absolute Gasteiger partial charge is 0.223 e. The normalized spacial score (nSPS) is 28.8. The third-order valence-electron chi connectivity index (χ3n) is 6.77. The third-order valence-corrected chi connectivity index (χ3v) is 6.77. The van der Waals surface area contributed by atoms with Gasteiger partial charge in [-0.1, -0.05) is 12.8 Å². The molecule has 4 rings (SSSR count). The zero-order valence-corrected chi connectivity index (χ0v) is 19.7.